The zero-order valence-corrected chi connectivity index (χ0v) is 8.73. The normalized spacial score (nSPS) is 10.1. The maximum Gasteiger partial charge on any atom is 0.139 e. The van der Waals surface area contributed by atoms with E-state index in [0.29, 0.717) is 12.2 Å². The van der Waals surface area contributed by atoms with E-state index >= 15 is 0 Å². The molecule has 1 rings (SSSR count). The van der Waals surface area contributed by atoms with Crippen LogP contribution in [0.2, 0.25) is 0 Å². The van der Waals surface area contributed by atoms with Crippen LogP contribution in [0.4, 0.5) is 0 Å². The van der Waals surface area contributed by atoms with Gasteiger partial charge in [0, 0.05) is 5.56 Å². The Morgan fingerprint density at radius 3 is 2.93 bits per heavy atom. The van der Waals surface area contributed by atoms with E-state index in [1.54, 1.807) is 18.2 Å². The van der Waals surface area contributed by atoms with E-state index < -0.39 is 0 Å². The summed E-state index contributed by atoms with van der Waals surface area (Å²) < 4.78 is 0. The number of hydrogen-bond acceptors (Lipinski definition) is 3. The van der Waals surface area contributed by atoms with Gasteiger partial charge in [0.05, 0.1) is 11.6 Å². The zero-order valence-electron chi connectivity index (χ0n) is 8.73. The second-order valence-corrected chi connectivity index (χ2v) is 3.08. The molecule has 0 aromatic heterocycles. The van der Waals surface area contributed by atoms with Crippen LogP contribution in [-0.2, 0) is 4.84 Å². The van der Waals surface area contributed by atoms with Crippen LogP contribution in [-0.4, -0.2) is 12.8 Å². The van der Waals surface area contributed by atoms with Crippen molar-refractivity contribution in [2.24, 2.45) is 5.16 Å². The monoisotopic (exact) mass is 201 g/mol. The molecule has 0 saturated heterocycles. The van der Waals surface area contributed by atoms with E-state index in [1.165, 1.54) is 0 Å². The first kappa shape index (κ1) is 11.3. The Balaban J connectivity index is 2.46. The number of nitrogens with zero attached hydrogens (tertiary/aromatic N) is 2. The first-order chi connectivity index (χ1) is 7.36. The SMILES string of the molecule is CCCCO/N=[C]\c1cccc(C#N)c1. The molecule has 0 spiro atoms. The summed E-state index contributed by atoms with van der Waals surface area (Å²) in [6.07, 6.45) is 4.80. The third kappa shape index (κ3) is 4.28. The molecule has 0 bridgehead atoms. The van der Waals surface area contributed by atoms with Crippen LogP contribution in [0.1, 0.15) is 30.9 Å². The van der Waals surface area contributed by atoms with Crippen molar-refractivity contribution in [2.45, 2.75) is 19.8 Å². The minimum atomic E-state index is 0.601. The van der Waals surface area contributed by atoms with Crippen LogP contribution in [0.3, 0.4) is 0 Å². The molecule has 0 aliphatic carbocycles. The molecule has 0 unspecified atom stereocenters. The first-order valence-electron chi connectivity index (χ1n) is 4.95. The summed E-state index contributed by atoms with van der Waals surface area (Å²) in [5.41, 5.74) is 1.36. The van der Waals surface area contributed by atoms with Crippen molar-refractivity contribution in [1.82, 2.24) is 0 Å². The molecule has 0 aliphatic rings. The van der Waals surface area contributed by atoms with Gasteiger partial charge in [0.25, 0.3) is 0 Å². The average molecular weight is 201 g/mol. The Morgan fingerprint density at radius 2 is 2.20 bits per heavy atom. The maximum absolute atomic E-state index is 8.66. The van der Waals surface area contributed by atoms with E-state index in [2.05, 4.69) is 24.4 Å². The lowest BCUT2D eigenvalue weighted by Crippen LogP contribution is -1.88. The van der Waals surface area contributed by atoms with Gasteiger partial charge in [-0.2, -0.15) is 5.26 Å². The van der Waals surface area contributed by atoms with Crippen LogP contribution >= 0.6 is 0 Å². The maximum atomic E-state index is 8.66. The predicted molar refractivity (Wildman–Crippen MR) is 58.6 cm³/mol. The summed E-state index contributed by atoms with van der Waals surface area (Å²) in [6.45, 7) is 2.70. The number of benzene rings is 1. The van der Waals surface area contributed by atoms with Crippen LogP contribution < -0.4 is 0 Å². The molecule has 77 valence electrons. The van der Waals surface area contributed by atoms with Crippen LogP contribution in [0.5, 0.6) is 0 Å². The first-order valence-corrected chi connectivity index (χ1v) is 4.95. The lowest BCUT2D eigenvalue weighted by Gasteiger charge is -1.95. The highest BCUT2D eigenvalue weighted by atomic mass is 16.6. The van der Waals surface area contributed by atoms with Crippen molar-refractivity contribution < 1.29 is 4.84 Å². The molecule has 3 nitrogen and oxygen atoms in total. The van der Waals surface area contributed by atoms with Crippen molar-refractivity contribution in [3.05, 3.63) is 35.4 Å². The largest absolute Gasteiger partial charge is 0.395 e. The van der Waals surface area contributed by atoms with E-state index in [0.717, 1.165) is 18.4 Å². The Bertz CT molecular complexity index is 366. The lowest BCUT2D eigenvalue weighted by molar-refractivity contribution is 0.143. The van der Waals surface area contributed by atoms with E-state index in [9.17, 15) is 0 Å². The number of unbranched alkanes of at least 4 members (excludes halogenated alkanes) is 1. The Kier molecular flexibility index (Phi) is 4.96. The number of hydrogen-bond donors (Lipinski definition) is 0. The third-order valence-electron chi connectivity index (χ3n) is 1.82. The molecule has 0 atom stereocenters. The number of nitriles is 1. The van der Waals surface area contributed by atoms with Gasteiger partial charge < -0.3 is 4.84 Å². The predicted octanol–water partition coefficient (Wildman–Crippen LogP) is 2.59. The fourth-order valence-corrected chi connectivity index (χ4v) is 0.998. The average Bonchev–Trinajstić information content (AvgIpc) is 2.29. The van der Waals surface area contributed by atoms with Gasteiger partial charge in [-0.05, 0) is 18.6 Å². The lowest BCUT2D eigenvalue weighted by atomic mass is 10.1. The van der Waals surface area contributed by atoms with Crippen molar-refractivity contribution in [3.8, 4) is 6.07 Å². The Labute approximate surface area is 90.0 Å². The molecule has 3 heteroatoms. The summed E-state index contributed by atoms with van der Waals surface area (Å²) in [5.74, 6) is 0. The third-order valence-corrected chi connectivity index (χ3v) is 1.82. The summed E-state index contributed by atoms with van der Waals surface area (Å²) in [5, 5.41) is 12.4. The molecule has 15 heavy (non-hydrogen) atoms. The summed E-state index contributed by atoms with van der Waals surface area (Å²) >= 11 is 0. The van der Waals surface area contributed by atoms with Gasteiger partial charge >= 0.3 is 0 Å². The summed E-state index contributed by atoms with van der Waals surface area (Å²) in [7, 11) is 0. The molecule has 1 radical (unpaired) electrons. The molecule has 0 N–H and O–H groups in total. The molecular weight excluding hydrogens is 188 g/mol. The number of rotatable bonds is 5. The van der Waals surface area contributed by atoms with Gasteiger partial charge in [-0.15, -0.1) is 0 Å². The van der Waals surface area contributed by atoms with Crippen LogP contribution in [0.15, 0.2) is 29.4 Å². The molecule has 0 amide bonds. The van der Waals surface area contributed by atoms with Crippen molar-refractivity contribution >= 4 is 6.21 Å². The smallest absolute Gasteiger partial charge is 0.139 e. The Hall–Kier alpha value is -1.82. The quantitative estimate of drug-likeness (QED) is 0.417. The molecular formula is C12H13N2O. The standard InChI is InChI=1S/C12H13N2O/c1-2-3-7-15-14-10-12-6-4-5-11(8-12)9-13/h4-6,8H,2-3,7H2,1H3. The van der Waals surface area contributed by atoms with Crippen LogP contribution in [0.25, 0.3) is 0 Å². The summed E-state index contributed by atoms with van der Waals surface area (Å²) in [6, 6.07) is 9.13. The highest BCUT2D eigenvalue weighted by Crippen LogP contribution is 2.01. The molecule has 0 aliphatic heterocycles. The highest BCUT2D eigenvalue weighted by molar-refractivity contribution is 5.79. The van der Waals surface area contributed by atoms with E-state index in [-0.39, 0.29) is 0 Å². The van der Waals surface area contributed by atoms with E-state index in [4.69, 9.17) is 10.1 Å². The second kappa shape index (κ2) is 6.61. The minimum Gasteiger partial charge on any atom is -0.395 e. The van der Waals surface area contributed by atoms with Crippen LogP contribution in [0, 0.1) is 11.3 Å². The van der Waals surface area contributed by atoms with Crippen molar-refractivity contribution in [1.29, 1.82) is 5.26 Å². The minimum absolute atomic E-state index is 0.601. The molecule has 0 fully saturated rings. The van der Waals surface area contributed by atoms with Gasteiger partial charge in [-0.1, -0.05) is 30.6 Å². The molecule has 0 saturated carbocycles. The Morgan fingerprint density at radius 1 is 1.40 bits per heavy atom. The van der Waals surface area contributed by atoms with Crippen molar-refractivity contribution in [3.63, 3.8) is 0 Å². The second-order valence-electron chi connectivity index (χ2n) is 3.08. The fraction of sp³-hybridized carbons (Fsp3) is 0.333. The zero-order chi connectivity index (χ0) is 10.9. The topological polar surface area (TPSA) is 45.4 Å². The fourth-order valence-electron chi connectivity index (χ4n) is 0.998. The molecule has 1 aromatic rings. The van der Waals surface area contributed by atoms with Gasteiger partial charge in [-0.3, -0.25) is 0 Å². The van der Waals surface area contributed by atoms with Gasteiger partial charge in [0.2, 0.25) is 0 Å². The van der Waals surface area contributed by atoms with Gasteiger partial charge in [0.15, 0.2) is 0 Å². The van der Waals surface area contributed by atoms with Crippen molar-refractivity contribution in [2.75, 3.05) is 6.61 Å². The van der Waals surface area contributed by atoms with E-state index in [1.807, 2.05) is 6.07 Å². The summed E-state index contributed by atoms with van der Waals surface area (Å²) in [4.78, 5) is 4.98. The molecule has 0 heterocycles. The van der Waals surface area contributed by atoms with Gasteiger partial charge in [-0.25, -0.2) is 0 Å². The molecule has 1 aromatic carbocycles. The van der Waals surface area contributed by atoms with Gasteiger partial charge in [0.1, 0.15) is 12.8 Å². The highest BCUT2D eigenvalue weighted by Gasteiger charge is 1.92.